The van der Waals surface area contributed by atoms with Crippen LogP contribution in [0.1, 0.15) is 39.0 Å². The summed E-state index contributed by atoms with van der Waals surface area (Å²) >= 11 is 1.44. The van der Waals surface area contributed by atoms with Crippen molar-refractivity contribution >= 4 is 17.7 Å². The van der Waals surface area contributed by atoms with Gasteiger partial charge in [0.25, 0.3) is 0 Å². The van der Waals surface area contributed by atoms with Crippen molar-refractivity contribution in [1.82, 2.24) is 20.1 Å². The monoisotopic (exact) mass is 388 g/mol. The second-order valence-corrected chi connectivity index (χ2v) is 8.41. The lowest BCUT2D eigenvalue weighted by Gasteiger charge is -2.22. The number of thioether (sulfide) groups is 1. The Balaban J connectivity index is 1.58. The number of rotatable bonds is 7. The van der Waals surface area contributed by atoms with Crippen molar-refractivity contribution in [2.24, 2.45) is 13.0 Å². The Hall–Kier alpha value is -2.02. The van der Waals surface area contributed by atoms with E-state index in [-0.39, 0.29) is 11.2 Å². The highest BCUT2D eigenvalue weighted by molar-refractivity contribution is 8.00. The summed E-state index contributed by atoms with van der Waals surface area (Å²) in [5.41, 5.74) is 0.965. The first kappa shape index (κ1) is 19.7. The second-order valence-electron chi connectivity index (χ2n) is 7.10. The van der Waals surface area contributed by atoms with Crippen LogP contribution in [-0.4, -0.2) is 39.6 Å². The average Bonchev–Trinajstić information content (AvgIpc) is 3.07. The Kier molecular flexibility index (Phi) is 6.77. The molecule has 0 radical (unpaired) electrons. The van der Waals surface area contributed by atoms with E-state index in [1.165, 1.54) is 43.9 Å². The van der Waals surface area contributed by atoms with Gasteiger partial charge >= 0.3 is 0 Å². The zero-order valence-electron chi connectivity index (χ0n) is 16.3. The molecule has 1 aromatic heterocycles. The fourth-order valence-electron chi connectivity index (χ4n) is 3.40. The van der Waals surface area contributed by atoms with E-state index in [4.69, 9.17) is 4.74 Å². The predicted octanol–water partition coefficient (Wildman–Crippen LogP) is 3.67. The Morgan fingerprint density at radius 2 is 1.96 bits per heavy atom. The molecule has 1 saturated carbocycles. The van der Waals surface area contributed by atoms with E-state index in [1.54, 1.807) is 7.11 Å². The Bertz CT molecular complexity index is 754. The largest absolute Gasteiger partial charge is 0.497 e. The summed E-state index contributed by atoms with van der Waals surface area (Å²) in [6.07, 6.45) is 6.38. The molecule has 3 rings (SSSR count). The number of nitrogens with one attached hydrogen (secondary N) is 1. The number of benzene rings is 1. The van der Waals surface area contributed by atoms with Crippen molar-refractivity contribution in [2.45, 2.75) is 49.4 Å². The summed E-state index contributed by atoms with van der Waals surface area (Å²) in [5.74, 6) is 2.28. The fraction of sp³-hybridized carbons (Fsp3) is 0.550. The quantitative estimate of drug-likeness (QED) is 0.733. The number of hydrogen-bond acceptors (Lipinski definition) is 5. The summed E-state index contributed by atoms with van der Waals surface area (Å²) in [6.45, 7) is 2.71. The van der Waals surface area contributed by atoms with Crippen molar-refractivity contribution in [3.05, 3.63) is 24.3 Å². The standard InChI is InChI=1S/C20H28N4O2S/c1-14(19(25)21-13-15-7-5-4-6-8-15)27-20-23-22-18(24(20)2)16-9-11-17(26-3)12-10-16/h9-12,14-15H,4-8,13H2,1-3H3,(H,21,25)/t14-/m1/s1. The molecule has 146 valence electrons. The van der Waals surface area contributed by atoms with Crippen LogP contribution in [0.5, 0.6) is 5.75 Å². The highest BCUT2D eigenvalue weighted by atomic mass is 32.2. The highest BCUT2D eigenvalue weighted by Gasteiger charge is 2.21. The molecule has 6 nitrogen and oxygen atoms in total. The zero-order valence-corrected chi connectivity index (χ0v) is 17.1. The van der Waals surface area contributed by atoms with Crippen LogP contribution in [0.3, 0.4) is 0 Å². The highest BCUT2D eigenvalue weighted by Crippen LogP contribution is 2.27. The van der Waals surface area contributed by atoms with Gasteiger partial charge in [-0.1, -0.05) is 31.0 Å². The molecular formula is C20H28N4O2S. The molecule has 0 spiro atoms. The van der Waals surface area contributed by atoms with Crippen LogP contribution < -0.4 is 10.1 Å². The van der Waals surface area contributed by atoms with Gasteiger partial charge in [-0.3, -0.25) is 4.79 Å². The molecule has 0 unspecified atom stereocenters. The van der Waals surface area contributed by atoms with Gasteiger partial charge in [0.2, 0.25) is 5.91 Å². The topological polar surface area (TPSA) is 69.0 Å². The van der Waals surface area contributed by atoms with Gasteiger partial charge in [-0.15, -0.1) is 10.2 Å². The predicted molar refractivity (Wildman–Crippen MR) is 108 cm³/mol. The normalized spacial score (nSPS) is 16.1. The van der Waals surface area contributed by atoms with Gasteiger partial charge in [0.1, 0.15) is 5.75 Å². The van der Waals surface area contributed by atoms with Gasteiger partial charge in [0, 0.05) is 19.2 Å². The molecule has 1 amide bonds. The summed E-state index contributed by atoms with van der Waals surface area (Å²) in [7, 11) is 3.57. The van der Waals surface area contributed by atoms with Crippen molar-refractivity contribution in [3.8, 4) is 17.1 Å². The molecular weight excluding hydrogens is 360 g/mol. The minimum atomic E-state index is -0.208. The first-order valence-corrected chi connectivity index (χ1v) is 10.4. The minimum absolute atomic E-state index is 0.0690. The SMILES string of the molecule is COc1ccc(-c2nnc(S[C@H](C)C(=O)NCC3CCCCC3)n2C)cc1. The lowest BCUT2D eigenvalue weighted by atomic mass is 9.89. The number of ether oxygens (including phenoxy) is 1. The van der Waals surface area contributed by atoms with Crippen LogP contribution in [0.15, 0.2) is 29.4 Å². The molecule has 0 aliphatic heterocycles. The molecule has 1 atom stereocenters. The van der Waals surface area contributed by atoms with E-state index >= 15 is 0 Å². The van der Waals surface area contributed by atoms with E-state index in [1.807, 2.05) is 42.8 Å². The van der Waals surface area contributed by atoms with Crippen molar-refractivity contribution in [1.29, 1.82) is 0 Å². The van der Waals surface area contributed by atoms with Gasteiger partial charge in [0.05, 0.1) is 12.4 Å². The molecule has 27 heavy (non-hydrogen) atoms. The first-order valence-electron chi connectivity index (χ1n) is 9.56. The smallest absolute Gasteiger partial charge is 0.233 e. The van der Waals surface area contributed by atoms with Crippen LogP contribution in [0.2, 0.25) is 0 Å². The van der Waals surface area contributed by atoms with Crippen LogP contribution in [0, 0.1) is 5.92 Å². The molecule has 2 aromatic rings. The van der Waals surface area contributed by atoms with Gasteiger partial charge in [0.15, 0.2) is 11.0 Å². The molecule has 0 bridgehead atoms. The number of hydrogen-bond donors (Lipinski definition) is 1. The molecule has 1 fully saturated rings. The Morgan fingerprint density at radius 1 is 1.26 bits per heavy atom. The number of aromatic nitrogens is 3. The third-order valence-corrected chi connectivity index (χ3v) is 6.26. The van der Waals surface area contributed by atoms with E-state index in [9.17, 15) is 4.79 Å². The molecule has 1 aromatic carbocycles. The maximum absolute atomic E-state index is 12.4. The van der Waals surface area contributed by atoms with Crippen LogP contribution in [-0.2, 0) is 11.8 Å². The lowest BCUT2D eigenvalue weighted by Crippen LogP contribution is -2.35. The van der Waals surface area contributed by atoms with Crippen LogP contribution in [0.4, 0.5) is 0 Å². The maximum Gasteiger partial charge on any atom is 0.233 e. The van der Waals surface area contributed by atoms with Crippen molar-refractivity contribution in [3.63, 3.8) is 0 Å². The number of methoxy groups -OCH3 is 1. The Morgan fingerprint density at radius 3 is 2.63 bits per heavy atom. The lowest BCUT2D eigenvalue weighted by molar-refractivity contribution is -0.120. The summed E-state index contributed by atoms with van der Waals surface area (Å²) in [6, 6.07) is 7.71. The fourth-order valence-corrected chi connectivity index (χ4v) is 4.24. The Labute approximate surface area is 165 Å². The summed E-state index contributed by atoms with van der Waals surface area (Å²) in [5, 5.41) is 12.2. The first-order chi connectivity index (χ1) is 13.1. The molecule has 1 heterocycles. The van der Waals surface area contributed by atoms with Crippen LogP contribution in [0.25, 0.3) is 11.4 Å². The number of carbonyl (C=O) groups is 1. The number of nitrogens with zero attached hydrogens (tertiary/aromatic N) is 3. The van der Waals surface area contributed by atoms with Crippen molar-refractivity contribution < 1.29 is 9.53 Å². The van der Waals surface area contributed by atoms with E-state index in [0.29, 0.717) is 5.92 Å². The van der Waals surface area contributed by atoms with Gasteiger partial charge in [-0.25, -0.2) is 0 Å². The molecule has 0 saturated heterocycles. The minimum Gasteiger partial charge on any atom is -0.497 e. The van der Waals surface area contributed by atoms with E-state index in [0.717, 1.165) is 28.8 Å². The van der Waals surface area contributed by atoms with Crippen molar-refractivity contribution in [2.75, 3.05) is 13.7 Å². The second kappa shape index (κ2) is 9.26. The molecule has 1 aliphatic carbocycles. The summed E-state index contributed by atoms with van der Waals surface area (Å²) < 4.78 is 7.12. The van der Waals surface area contributed by atoms with E-state index in [2.05, 4.69) is 15.5 Å². The zero-order chi connectivity index (χ0) is 19.2. The van der Waals surface area contributed by atoms with Crippen LogP contribution >= 0.6 is 11.8 Å². The van der Waals surface area contributed by atoms with Gasteiger partial charge in [-0.2, -0.15) is 0 Å². The molecule has 1 N–H and O–H groups in total. The third-order valence-electron chi connectivity index (χ3n) is 5.12. The molecule has 1 aliphatic rings. The number of carbonyl (C=O) groups excluding carboxylic acids is 1. The number of amides is 1. The van der Waals surface area contributed by atoms with E-state index < -0.39 is 0 Å². The molecule has 7 heteroatoms. The summed E-state index contributed by atoms with van der Waals surface area (Å²) in [4.78, 5) is 12.4. The average molecular weight is 389 g/mol. The van der Waals surface area contributed by atoms with Gasteiger partial charge in [-0.05, 0) is 49.9 Å². The maximum atomic E-state index is 12.4. The van der Waals surface area contributed by atoms with Gasteiger partial charge < -0.3 is 14.6 Å². The third kappa shape index (κ3) is 5.03.